The summed E-state index contributed by atoms with van der Waals surface area (Å²) in [5, 5.41) is 0. The van der Waals surface area contributed by atoms with Gasteiger partial charge in [-0.1, -0.05) is 62.4 Å². The van der Waals surface area contributed by atoms with E-state index in [9.17, 15) is 0 Å². The van der Waals surface area contributed by atoms with Gasteiger partial charge in [0.15, 0.2) is 0 Å². The number of benzene rings is 2. The van der Waals surface area contributed by atoms with Crippen LogP contribution in [0.1, 0.15) is 25.0 Å². The van der Waals surface area contributed by atoms with E-state index in [4.69, 9.17) is 18.9 Å². The molecule has 0 saturated carbocycles. The van der Waals surface area contributed by atoms with Crippen LogP contribution in [0.2, 0.25) is 0 Å². The Bertz CT molecular complexity index is 695. The minimum atomic E-state index is 0.349. The Morgan fingerprint density at radius 3 is 1.40 bits per heavy atom. The number of epoxide rings is 2. The predicted octanol–water partition coefficient (Wildman–Crippen LogP) is 4.54. The van der Waals surface area contributed by atoms with E-state index in [2.05, 4.69) is 62.4 Å². The Hall–Kier alpha value is -1.72. The third-order valence-electron chi connectivity index (χ3n) is 5.63. The van der Waals surface area contributed by atoms with Crippen LogP contribution in [0, 0.1) is 11.8 Å². The first-order chi connectivity index (χ1) is 14.7. The highest BCUT2D eigenvalue weighted by Gasteiger charge is 2.23. The zero-order chi connectivity index (χ0) is 20.8. The molecule has 4 heteroatoms. The molecule has 0 aromatic heterocycles. The fourth-order valence-electron chi connectivity index (χ4n) is 3.72. The average Bonchev–Trinajstić information content (AvgIpc) is 3.65. The standard InChI is InChI=1S/C26H34O4/c1-19(13-27-15-25-17-29-25)11-21-3-7-23(8-4-21)24-9-5-22(6-10-24)12-20(2)14-28-16-26-18-30-26/h3-10,19-20,25-26H,11-18H2,1-2H3. The first-order valence-electron chi connectivity index (χ1n) is 11.2. The van der Waals surface area contributed by atoms with Crippen molar-refractivity contribution in [3.63, 3.8) is 0 Å². The number of rotatable bonds is 13. The van der Waals surface area contributed by atoms with Gasteiger partial charge in [0.05, 0.1) is 26.4 Å². The SMILES string of the molecule is CC(COCC1CO1)Cc1ccc(-c2ccc(CC(C)COCC3CO3)cc2)cc1. The molecule has 2 heterocycles. The minimum absolute atomic E-state index is 0.349. The molecular weight excluding hydrogens is 376 g/mol. The van der Waals surface area contributed by atoms with Gasteiger partial charge in [0, 0.05) is 13.2 Å². The lowest BCUT2D eigenvalue weighted by Crippen LogP contribution is -2.12. The molecule has 2 fully saturated rings. The average molecular weight is 411 g/mol. The molecule has 2 aromatic rings. The van der Waals surface area contributed by atoms with Crippen molar-refractivity contribution in [1.82, 2.24) is 0 Å². The summed E-state index contributed by atoms with van der Waals surface area (Å²) in [5.41, 5.74) is 5.25. The highest BCUT2D eigenvalue weighted by Crippen LogP contribution is 2.23. The van der Waals surface area contributed by atoms with Gasteiger partial charge in [-0.25, -0.2) is 0 Å². The largest absolute Gasteiger partial charge is 0.378 e. The number of ether oxygens (including phenoxy) is 4. The molecule has 4 atom stereocenters. The molecule has 2 saturated heterocycles. The first kappa shape index (κ1) is 21.5. The summed E-state index contributed by atoms with van der Waals surface area (Å²) in [6.07, 6.45) is 2.78. The molecule has 0 bridgehead atoms. The van der Waals surface area contributed by atoms with Crippen molar-refractivity contribution in [3.8, 4) is 11.1 Å². The van der Waals surface area contributed by atoms with Crippen molar-refractivity contribution in [1.29, 1.82) is 0 Å². The molecule has 0 amide bonds. The Morgan fingerprint density at radius 1 is 0.700 bits per heavy atom. The second kappa shape index (κ2) is 10.5. The normalized spacial score (nSPS) is 21.9. The zero-order valence-electron chi connectivity index (χ0n) is 18.2. The van der Waals surface area contributed by atoms with E-state index in [0.717, 1.165) is 52.5 Å². The molecule has 2 aliphatic heterocycles. The van der Waals surface area contributed by atoms with Gasteiger partial charge >= 0.3 is 0 Å². The maximum atomic E-state index is 5.72. The molecule has 4 unspecified atom stereocenters. The van der Waals surface area contributed by atoms with Gasteiger partial charge in [0.25, 0.3) is 0 Å². The van der Waals surface area contributed by atoms with Gasteiger partial charge in [-0.15, -0.1) is 0 Å². The summed E-state index contributed by atoms with van der Waals surface area (Å²) < 4.78 is 21.8. The summed E-state index contributed by atoms with van der Waals surface area (Å²) in [7, 11) is 0. The summed E-state index contributed by atoms with van der Waals surface area (Å²) in [5.74, 6) is 1.02. The van der Waals surface area contributed by atoms with Gasteiger partial charge in [-0.3, -0.25) is 0 Å². The third-order valence-corrected chi connectivity index (χ3v) is 5.63. The van der Waals surface area contributed by atoms with Gasteiger partial charge in [0.1, 0.15) is 12.2 Å². The second-order valence-electron chi connectivity index (χ2n) is 9.00. The van der Waals surface area contributed by atoms with Crippen molar-refractivity contribution >= 4 is 0 Å². The van der Waals surface area contributed by atoms with Gasteiger partial charge in [-0.05, 0) is 46.9 Å². The maximum Gasteiger partial charge on any atom is 0.104 e. The number of hydrogen-bond donors (Lipinski definition) is 0. The summed E-state index contributed by atoms with van der Waals surface area (Å²) in [6.45, 7) is 9.27. The Balaban J connectivity index is 1.21. The van der Waals surface area contributed by atoms with Gasteiger partial charge in [0.2, 0.25) is 0 Å². The van der Waals surface area contributed by atoms with Crippen molar-refractivity contribution in [2.24, 2.45) is 11.8 Å². The van der Waals surface area contributed by atoms with Crippen LogP contribution in [-0.4, -0.2) is 51.8 Å². The van der Waals surface area contributed by atoms with E-state index in [-0.39, 0.29) is 0 Å². The molecule has 2 aromatic carbocycles. The van der Waals surface area contributed by atoms with E-state index in [1.165, 1.54) is 22.3 Å². The van der Waals surface area contributed by atoms with Crippen molar-refractivity contribution in [3.05, 3.63) is 59.7 Å². The quantitative estimate of drug-likeness (QED) is 0.455. The van der Waals surface area contributed by atoms with E-state index in [0.29, 0.717) is 24.0 Å². The van der Waals surface area contributed by atoms with Gasteiger partial charge in [-0.2, -0.15) is 0 Å². The van der Waals surface area contributed by atoms with Crippen LogP contribution < -0.4 is 0 Å². The Morgan fingerprint density at radius 2 is 1.07 bits per heavy atom. The lowest BCUT2D eigenvalue weighted by molar-refractivity contribution is 0.0907. The smallest absolute Gasteiger partial charge is 0.104 e. The lowest BCUT2D eigenvalue weighted by atomic mass is 9.96. The van der Waals surface area contributed by atoms with E-state index >= 15 is 0 Å². The number of hydrogen-bond acceptors (Lipinski definition) is 4. The maximum absolute atomic E-state index is 5.72. The predicted molar refractivity (Wildman–Crippen MR) is 119 cm³/mol. The van der Waals surface area contributed by atoms with E-state index in [1.807, 2.05) is 0 Å². The van der Waals surface area contributed by atoms with Crippen LogP contribution in [0.15, 0.2) is 48.5 Å². The topological polar surface area (TPSA) is 43.5 Å². The monoisotopic (exact) mass is 410 g/mol. The van der Waals surface area contributed by atoms with Crippen LogP contribution in [0.5, 0.6) is 0 Å². The molecule has 0 spiro atoms. The Kier molecular flexibility index (Phi) is 7.56. The first-order valence-corrected chi connectivity index (χ1v) is 11.2. The van der Waals surface area contributed by atoms with E-state index in [1.54, 1.807) is 0 Å². The molecule has 4 rings (SSSR count). The molecule has 0 aliphatic carbocycles. The minimum Gasteiger partial charge on any atom is -0.378 e. The zero-order valence-corrected chi connectivity index (χ0v) is 18.2. The highest BCUT2D eigenvalue weighted by atomic mass is 16.6. The van der Waals surface area contributed by atoms with Crippen molar-refractivity contribution in [2.75, 3.05) is 39.6 Å². The summed E-state index contributed by atoms with van der Waals surface area (Å²) in [6, 6.07) is 17.9. The fourth-order valence-corrected chi connectivity index (χ4v) is 3.72. The molecular formula is C26H34O4. The Labute approximate surface area is 180 Å². The van der Waals surface area contributed by atoms with E-state index < -0.39 is 0 Å². The lowest BCUT2D eigenvalue weighted by Gasteiger charge is -2.13. The summed E-state index contributed by atoms with van der Waals surface area (Å²) >= 11 is 0. The van der Waals surface area contributed by atoms with Crippen molar-refractivity contribution < 1.29 is 18.9 Å². The van der Waals surface area contributed by atoms with Crippen molar-refractivity contribution in [2.45, 2.75) is 38.9 Å². The van der Waals surface area contributed by atoms with Crippen LogP contribution >= 0.6 is 0 Å². The van der Waals surface area contributed by atoms with Crippen LogP contribution in [0.25, 0.3) is 11.1 Å². The second-order valence-corrected chi connectivity index (χ2v) is 9.00. The fraction of sp³-hybridized carbons (Fsp3) is 0.538. The van der Waals surface area contributed by atoms with Gasteiger partial charge < -0.3 is 18.9 Å². The molecule has 30 heavy (non-hydrogen) atoms. The molecule has 162 valence electrons. The third kappa shape index (κ3) is 7.21. The molecule has 4 nitrogen and oxygen atoms in total. The van der Waals surface area contributed by atoms with Crippen LogP contribution in [0.4, 0.5) is 0 Å². The molecule has 0 radical (unpaired) electrons. The molecule has 2 aliphatic rings. The summed E-state index contributed by atoms with van der Waals surface area (Å²) in [4.78, 5) is 0. The van der Waals surface area contributed by atoms with Crippen LogP contribution in [0.3, 0.4) is 0 Å². The highest BCUT2D eigenvalue weighted by molar-refractivity contribution is 5.64. The molecule has 0 N–H and O–H groups in total. The van der Waals surface area contributed by atoms with Crippen LogP contribution in [-0.2, 0) is 31.8 Å².